The summed E-state index contributed by atoms with van der Waals surface area (Å²) in [6.07, 6.45) is 0. The maximum absolute atomic E-state index is 8.98. The summed E-state index contributed by atoms with van der Waals surface area (Å²) < 4.78 is 0. The number of hydrogen-bond acceptors (Lipinski definition) is 3. The molecule has 1 rings (SSSR count). The standard InChI is InChI=1S/C8H6ClNO2/c9-8-7(12)4-3-6(10-8)2-1-5-11/h3-4,11-12H,5H2. The minimum absolute atomic E-state index is 0.0136. The number of halogens is 1. The molecule has 0 bridgehead atoms. The molecule has 0 unspecified atom stereocenters. The Kier molecular flexibility index (Phi) is 2.92. The summed E-state index contributed by atoms with van der Waals surface area (Å²) in [5.41, 5.74) is 0.423. The van der Waals surface area contributed by atoms with Gasteiger partial charge in [-0.15, -0.1) is 0 Å². The maximum atomic E-state index is 8.98. The lowest BCUT2D eigenvalue weighted by atomic mass is 10.3. The lowest BCUT2D eigenvalue weighted by molar-refractivity contribution is 0.350. The summed E-state index contributed by atoms with van der Waals surface area (Å²) in [4.78, 5) is 3.74. The van der Waals surface area contributed by atoms with E-state index in [-0.39, 0.29) is 17.5 Å². The number of aliphatic hydroxyl groups excluding tert-OH is 1. The molecule has 62 valence electrons. The minimum Gasteiger partial charge on any atom is -0.505 e. The molecular weight excluding hydrogens is 178 g/mol. The van der Waals surface area contributed by atoms with E-state index in [1.165, 1.54) is 12.1 Å². The third kappa shape index (κ3) is 2.12. The van der Waals surface area contributed by atoms with Gasteiger partial charge in [-0.05, 0) is 18.1 Å². The molecule has 2 N–H and O–H groups in total. The predicted molar refractivity (Wildman–Crippen MR) is 44.9 cm³/mol. The molecule has 12 heavy (non-hydrogen) atoms. The number of nitrogens with zero attached hydrogens (tertiary/aromatic N) is 1. The van der Waals surface area contributed by atoms with Crippen LogP contribution < -0.4 is 0 Å². The fourth-order valence-electron chi connectivity index (χ4n) is 0.627. The van der Waals surface area contributed by atoms with Crippen molar-refractivity contribution in [2.75, 3.05) is 6.61 Å². The molecule has 0 aromatic carbocycles. The van der Waals surface area contributed by atoms with Crippen LogP contribution in [0.15, 0.2) is 12.1 Å². The molecular formula is C8H6ClNO2. The zero-order valence-corrected chi connectivity index (χ0v) is 6.84. The quantitative estimate of drug-likeness (QED) is 0.462. The average Bonchev–Trinajstić information content (AvgIpc) is 2.07. The summed E-state index contributed by atoms with van der Waals surface area (Å²) in [5, 5.41) is 17.4. The molecule has 0 aliphatic heterocycles. The van der Waals surface area contributed by atoms with Crippen molar-refractivity contribution in [3.05, 3.63) is 23.0 Å². The fraction of sp³-hybridized carbons (Fsp3) is 0.125. The molecule has 0 aliphatic carbocycles. The van der Waals surface area contributed by atoms with Gasteiger partial charge in [-0.3, -0.25) is 0 Å². The lowest BCUT2D eigenvalue weighted by Gasteiger charge is -1.94. The van der Waals surface area contributed by atoms with Gasteiger partial charge in [0.05, 0.1) is 0 Å². The predicted octanol–water partition coefficient (Wildman–Crippen LogP) is 0.784. The smallest absolute Gasteiger partial charge is 0.172 e. The van der Waals surface area contributed by atoms with E-state index in [0.29, 0.717) is 5.69 Å². The molecule has 0 saturated heterocycles. The highest BCUT2D eigenvalue weighted by Gasteiger charge is 1.98. The first-order valence-electron chi connectivity index (χ1n) is 3.19. The Morgan fingerprint density at radius 2 is 2.25 bits per heavy atom. The number of pyridine rings is 1. The van der Waals surface area contributed by atoms with Gasteiger partial charge in [0.1, 0.15) is 12.3 Å². The zero-order chi connectivity index (χ0) is 8.97. The highest BCUT2D eigenvalue weighted by atomic mass is 35.5. The third-order valence-electron chi connectivity index (χ3n) is 1.12. The van der Waals surface area contributed by atoms with Crippen molar-refractivity contribution in [3.8, 4) is 17.6 Å². The topological polar surface area (TPSA) is 53.4 Å². The number of aromatic hydroxyl groups is 1. The summed E-state index contributed by atoms with van der Waals surface area (Å²) in [6.45, 7) is -0.222. The van der Waals surface area contributed by atoms with E-state index in [1.54, 1.807) is 0 Å². The van der Waals surface area contributed by atoms with Crippen molar-refractivity contribution < 1.29 is 10.2 Å². The van der Waals surface area contributed by atoms with Crippen molar-refractivity contribution in [2.24, 2.45) is 0 Å². The summed E-state index contributed by atoms with van der Waals surface area (Å²) >= 11 is 5.50. The van der Waals surface area contributed by atoms with Crippen LogP contribution in [0.2, 0.25) is 5.15 Å². The molecule has 0 aliphatic rings. The van der Waals surface area contributed by atoms with Crippen LogP contribution in [0.3, 0.4) is 0 Å². The Morgan fingerprint density at radius 3 is 2.83 bits per heavy atom. The molecule has 0 fully saturated rings. The molecule has 0 atom stereocenters. The highest BCUT2D eigenvalue weighted by Crippen LogP contribution is 2.19. The number of aromatic nitrogens is 1. The van der Waals surface area contributed by atoms with Crippen LogP contribution in [0.4, 0.5) is 0 Å². The first-order chi connectivity index (χ1) is 5.74. The van der Waals surface area contributed by atoms with E-state index in [4.69, 9.17) is 21.8 Å². The van der Waals surface area contributed by atoms with Gasteiger partial charge in [-0.1, -0.05) is 17.5 Å². The number of hydrogen-bond donors (Lipinski definition) is 2. The molecule has 1 aromatic rings. The Hall–Kier alpha value is -1.24. The SMILES string of the molecule is OCC#Cc1ccc(O)c(Cl)n1. The van der Waals surface area contributed by atoms with E-state index in [2.05, 4.69) is 16.8 Å². The Morgan fingerprint density at radius 1 is 1.50 bits per heavy atom. The highest BCUT2D eigenvalue weighted by molar-refractivity contribution is 6.30. The van der Waals surface area contributed by atoms with Crippen LogP contribution in [0.5, 0.6) is 5.75 Å². The first kappa shape index (κ1) is 8.85. The van der Waals surface area contributed by atoms with Crippen LogP contribution >= 0.6 is 11.6 Å². The molecule has 0 amide bonds. The first-order valence-corrected chi connectivity index (χ1v) is 3.57. The Bertz CT molecular complexity index is 341. The second-order valence-electron chi connectivity index (χ2n) is 1.97. The van der Waals surface area contributed by atoms with Crippen LogP contribution in [-0.4, -0.2) is 21.8 Å². The van der Waals surface area contributed by atoms with Gasteiger partial charge in [0.2, 0.25) is 0 Å². The van der Waals surface area contributed by atoms with Crippen molar-refractivity contribution in [1.29, 1.82) is 0 Å². The molecule has 1 aromatic heterocycles. The fourth-order valence-corrected chi connectivity index (χ4v) is 0.781. The zero-order valence-electron chi connectivity index (χ0n) is 6.08. The van der Waals surface area contributed by atoms with Crippen molar-refractivity contribution in [1.82, 2.24) is 4.98 Å². The van der Waals surface area contributed by atoms with Gasteiger partial charge in [-0.25, -0.2) is 4.98 Å². The third-order valence-corrected chi connectivity index (χ3v) is 1.40. The summed E-state index contributed by atoms with van der Waals surface area (Å²) in [5.74, 6) is 4.89. The van der Waals surface area contributed by atoms with Gasteiger partial charge < -0.3 is 10.2 Å². The van der Waals surface area contributed by atoms with Gasteiger partial charge in [0.25, 0.3) is 0 Å². The lowest BCUT2D eigenvalue weighted by Crippen LogP contribution is -1.83. The largest absolute Gasteiger partial charge is 0.505 e. The van der Waals surface area contributed by atoms with Crippen molar-refractivity contribution in [2.45, 2.75) is 0 Å². The summed E-state index contributed by atoms with van der Waals surface area (Å²) in [6, 6.07) is 2.92. The van der Waals surface area contributed by atoms with E-state index in [1.807, 2.05) is 0 Å². The number of rotatable bonds is 0. The molecule has 0 saturated carbocycles. The monoisotopic (exact) mass is 183 g/mol. The molecule has 1 heterocycles. The summed E-state index contributed by atoms with van der Waals surface area (Å²) in [7, 11) is 0. The van der Waals surface area contributed by atoms with Gasteiger partial charge >= 0.3 is 0 Å². The van der Waals surface area contributed by atoms with Gasteiger partial charge in [0.15, 0.2) is 10.9 Å². The van der Waals surface area contributed by atoms with E-state index in [0.717, 1.165) is 0 Å². The Balaban J connectivity index is 2.97. The van der Waals surface area contributed by atoms with E-state index < -0.39 is 0 Å². The normalized spacial score (nSPS) is 8.83. The van der Waals surface area contributed by atoms with Crippen LogP contribution in [0.25, 0.3) is 0 Å². The van der Waals surface area contributed by atoms with Crippen molar-refractivity contribution in [3.63, 3.8) is 0 Å². The van der Waals surface area contributed by atoms with E-state index >= 15 is 0 Å². The van der Waals surface area contributed by atoms with Gasteiger partial charge in [-0.2, -0.15) is 0 Å². The molecule has 3 nitrogen and oxygen atoms in total. The minimum atomic E-state index is -0.222. The van der Waals surface area contributed by atoms with Crippen LogP contribution in [0, 0.1) is 11.8 Å². The second-order valence-corrected chi connectivity index (χ2v) is 2.32. The van der Waals surface area contributed by atoms with E-state index in [9.17, 15) is 0 Å². The molecule has 0 radical (unpaired) electrons. The second kappa shape index (κ2) is 3.96. The Labute approximate surface area is 74.6 Å². The molecule has 4 heteroatoms. The van der Waals surface area contributed by atoms with Crippen LogP contribution in [0.1, 0.15) is 5.69 Å². The molecule has 0 spiro atoms. The maximum Gasteiger partial charge on any atom is 0.172 e. The van der Waals surface area contributed by atoms with Gasteiger partial charge in [0, 0.05) is 0 Å². The van der Waals surface area contributed by atoms with Crippen molar-refractivity contribution >= 4 is 11.6 Å². The number of aliphatic hydroxyl groups is 1. The van der Waals surface area contributed by atoms with Crippen LogP contribution in [-0.2, 0) is 0 Å². The average molecular weight is 184 g/mol.